The maximum atomic E-state index is 10.7. The van der Waals surface area contributed by atoms with Crippen LogP contribution in [-0.2, 0) is 29.9 Å². The van der Waals surface area contributed by atoms with Crippen LogP contribution in [0.5, 0.6) is 0 Å². The summed E-state index contributed by atoms with van der Waals surface area (Å²) in [5.74, 6) is 0. The van der Waals surface area contributed by atoms with Crippen LogP contribution in [0.1, 0.15) is 37.7 Å². The SMILES string of the molecule is CO[Si](OC)(OC)c1ccc(CN2C=[N+](C3CCCCC3)CC2)cc1.O=S(=O)([O-])C(F)(F)F. The first-order chi connectivity index (χ1) is 15.5. The van der Waals surface area contributed by atoms with Gasteiger partial charge in [0.15, 0.2) is 10.1 Å². The van der Waals surface area contributed by atoms with E-state index in [9.17, 15) is 13.2 Å². The Morgan fingerprint density at radius 3 is 2.03 bits per heavy atom. The summed E-state index contributed by atoms with van der Waals surface area (Å²) in [5.41, 5.74) is -4.34. The number of halogens is 3. The van der Waals surface area contributed by atoms with E-state index in [1.165, 1.54) is 37.7 Å². The summed E-state index contributed by atoms with van der Waals surface area (Å²) in [7, 11) is -3.88. The third kappa shape index (κ3) is 7.49. The molecule has 0 aromatic heterocycles. The average molecular weight is 513 g/mol. The molecule has 188 valence electrons. The Bertz CT molecular complexity index is 878. The van der Waals surface area contributed by atoms with Crippen molar-refractivity contribution in [3.8, 4) is 0 Å². The molecular weight excluding hydrogens is 481 g/mol. The van der Waals surface area contributed by atoms with E-state index in [0.717, 1.165) is 30.9 Å². The Morgan fingerprint density at radius 2 is 1.58 bits per heavy atom. The maximum absolute atomic E-state index is 10.7. The van der Waals surface area contributed by atoms with Crippen molar-refractivity contribution in [3.05, 3.63) is 29.8 Å². The molecule has 1 saturated carbocycles. The highest BCUT2D eigenvalue weighted by atomic mass is 32.2. The summed E-state index contributed by atoms with van der Waals surface area (Å²) in [6, 6.07) is 9.23. The molecule has 13 heteroatoms. The fraction of sp³-hybridized carbons (Fsp3) is 0.650. The second-order valence-corrected chi connectivity index (χ2v) is 12.2. The minimum atomic E-state index is -6.09. The van der Waals surface area contributed by atoms with E-state index in [4.69, 9.17) is 26.2 Å². The molecule has 3 rings (SSSR count). The quantitative estimate of drug-likeness (QED) is 0.239. The summed E-state index contributed by atoms with van der Waals surface area (Å²) < 4.78 is 78.1. The van der Waals surface area contributed by atoms with Gasteiger partial charge in [-0.05, 0) is 31.2 Å². The van der Waals surface area contributed by atoms with E-state index in [-0.39, 0.29) is 0 Å². The zero-order valence-corrected chi connectivity index (χ0v) is 20.8. The summed E-state index contributed by atoms with van der Waals surface area (Å²) in [6.45, 7) is 3.23. The Hall–Kier alpha value is -1.51. The van der Waals surface area contributed by atoms with Crippen LogP contribution in [0.3, 0.4) is 0 Å². The molecule has 0 atom stereocenters. The molecular formula is C20H31F3N2O6SSi. The zero-order chi connectivity index (χ0) is 24.7. The molecule has 1 aromatic carbocycles. The van der Waals surface area contributed by atoms with Crippen LogP contribution in [0.2, 0.25) is 0 Å². The van der Waals surface area contributed by atoms with Crippen molar-refractivity contribution in [3.63, 3.8) is 0 Å². The lowest BCUT2D eigenvalue weighted by Gasteiger charge is -2.24. The summed E-state index contributed by atoms with van der Waals surface area (Å²) >= 11 is 0. The molecule has 0 N–H and O–H groups in total. The summed E-state index contributed by atoms with van der Waals surface area (Å²) in [6.07, 6.45) is 9.26. The van der Waals surface area contributed by atoms with Gasteiger partial charge in [0.25, 0.3) is 0 Å². The van der Waals surface area contributed by atoms with Crippen LogP contribution in [0.4, 0.5) is 13.2 Å². The molecule has 33 heavy (non-hydrogen) atoms. The lowest BCUT2D eigenvalue weighted by Crippen LogP contribution is -2.54. The van der Waals surface area contributed by atoms with Crippen LogP contribution in [0.15, 0.2) is 24.3 Å². The van der Waals surface area contributed by atoms with Gasteiger partial charge in [0, 0.05) is 26.5 Å². The number of nitrogens with zero attached hydrogens (tertiary/aromatic N) is 2. The Labute approximate surface area is 194 Å². The lowest BCUT2D eigenvalue weighted by atomic mass is 9.95. The van der Waals surface area contributed by atoms with Gasteiger partial charge in [-0.2, -0.15) is 13.2 Å². The largest absolute Gasteiger partial charge is 0.741 e. The molecule has 2 aliphatic rings. The molecule has 1 heterocycles. The average Bonchev–Trinajstić information content (AvgIpc) is 3.25. The van der Waals surface area contributed by atoms with Gasteiger partial charge in [0.2, 0.25) is 6.34 Å². The van der Waals surface area contributed by atoms with Gasteiger partial charge in [-0.1, -0.05) is 30.7 Å². The predicted octanol–water partition coefficient (Wildman–Crippen LogP) is 2.01. The van der Waals surface area contributed by atoms with Crippen LogP contribution in [-0.4, -0.2) is 83.6 Å². The van der Waals surface area contributed by atoms with Crippen molar-refractivity contribution in [1.29, 1.82) is 0 Å². The van der Waals surface area contributed by atoms with E-state index in [2.05, 4.69) is 40.1 Å². The Kier molecular flexibility index (Phi) is 9.88. The van der Waals surface area contributed by atoms with E-state index in [1.807, 2.05) is 0 Å². The molecule has 0 bridgehead atoms. The lowest BCUT2D eigenvalue weighted by molar-refractivity contribution is -0.557. The summed E-state index contributed by atoms with van der Waals surface area (Å²) in [5, 5.41) is 0.998. The van der Waals surface area contributed by atoms with Crippen molar-refractivity contribution < 1.29 is 44.0 Å². The van der Waals surface area contributed by atoms with Gasteiger partial charge in [-0.25, -0.2) is 8.42 Å². The molecule has 1 aliphatic carbocycles. The smallest absolute Gasteiger partial charge is 0.536 e. The van der Waals surface area contributed by atoms with Crippen LogP contribution in [0.25, 0.3) is 0 Å². The van der Waals surface area contributed by atoms with Crippen molar-refractivity contribution in [2.24, 2.45) is 0 Å². The minimum absolute atomic E-state index is 0.762. The predicted molar refractivity (Wildman–Crippen MR) is 117 cm³/mol. The Morgan fingerprint density at radius 1 is 1.06 bits per heavy atom. The van der Waals surface area contributed by atoms with Crippen molar-refractivity contribution in [2.45, 2.75) is 50.2 Å². The van der Waals surface area contributed by atoms with Crippen molar-refractivity contribution >= 4 is 30.4 Å². The normalized spacial score (nSPS) is 18.0. The van der Waals surface area contributed by atoms with Gasteiger partial charge in [-0.15, -0.1) is 0 Å². The highest BCUT2D eigenvalue weighted by Crippen LogP contribution is 2.22. The second-order valence-electron chi connectivity index (χ2n) is 7.88. The number of alkyl halides is 3. The van der Waals surface area contributed by atoms with E-state index in [1.54, 1.807) is 21.3 Å². The van der Waals surface area contributed by atoms with Crippen LogP contribution >= 0.6 is 0 Å². The van der Waals surface area contributed by atoms with E-state index < -0.39 is 24.4 Å². The molecule has 1 aliphatic heterocycles. The topological polar surface area (TPSA) is 91.1 Å². The molecule has 0 saturated heterocycles. The standard InChI is InChI=1S/C19H31N2O3Si.CHF3O3S/c1-22-25(23-2,24-3)19-11-9-17(10-12-19)15-20-13-14-21(16-20)18-7-5-4-6-8-18;2-1(3,4)8(5,6)7/h9-12,16,18H,4-8,13-15H2,1-3H3;(H,5,6,7)/q+1;/p-1. The van der Waals surface area contributed by atoms with Gasteiger partial charge >= 0.3 is 14.3 Å². The fourth-order valence-electron chi connectivity index (χ4n) is 4.03. The number of benzene rings is 1. The summed E-state index contributed by atoms with van der Waals surface area (Å²) in [4.78, 5) is 2.43. The van der Waals surface area contributed by atoms with Gasteiger partial charge < -0.3 is 17.8 Å². The highest BCUT2D eigenvalue weighted by molar-refractivity contribution is 7.86. The van der Waals surface area contributed by atoms with Crippen molar-refractivity contribution in [1.82, 2.24) is 4.90 Å². The monoisotopic (exact) mass is 512 g/mol. The van der Waals surface area contributed by atoms with Crippen LogP contribution < -0.4 is 5.19 Å². The highest BCUT2D eigenvalue weighted by Gasteiger charge is 2.40. The number of rotatable bonds is 7. The van der Waals surface area contributed by atoms with Gasteiger partial charge in [0.05, 0.1) is 6.04 Å². The maximum Gasteiger partial charge on any atom is 0.536 e. The third-order valence-corrected chi connectivity index (χ3v) is 9.00. The van der Waals surface area contributed by atoms with Crippen LogP contribution in [0, 0.1) is 0 Å². The fourth-order valence-corrected chi connectivity index (χ4v) is 5.81. The van der Waals surface area contributed by atoms with Gasteiger partial charge in [-0.3, -0.25) is 9.48 Å². The molecule has 0 spiro atoms. The molecule has 8 nitrogen and oxygen atoms in total. The molecule has 0 amide bonds. The molecule has 1 aromatic rings. The van der Waals surface area contributed by atoms with E-state index >= 15 is 0 Å². The van der Waals surface area contributed by atoms with E-state index in [0.29, 0.717) is 0 Å². The molecule has 1 fully saturated rings. The first kappa shape index (κ1) is 27.7. The zero-order valence-electron chi connectivity index (χ0n) is 19.0. The first-order valence-corrected chi connectivity index (χ1v) is 13.7. The first-order valence-electron chi connectivity index (χ1n) is 10.6. The third-order valence-electron chi connectivity index (χ3n) is 5.78. The number of hydrogen-bond acceptors (Lipinski definition) is 7. The molecule has 0 unspecified atom stereocenters. The number of hydrogen-bond donors (Lipinski definition) is 0. The minimum Gasteiger partial charge on any atom is -0.741 e. The Balaban J connectivity index is 0.000000414. The second kappa shape index (κ2) is 11.8. The molecule has 0 radical (unpaired) electrons. The van der Waals surface area contributed by atoms with Gasteiger partial charge in [0.1, 0.15) is 19.6 Å². The van der Waals surface area contributed by atoms with Crippen molar-refractivity contribution in [2.75, 3.05) is 34.4 Å².